The number of nitrogens with two attached hydrogens (primary N) is 1. The van der Waals surface area contributed by atoms with Crippen molar-refractivity contribution in [3.63, 3.8) is 0 Å². The molecule has 0 bridgehead atoms. The molecule has 14 heavy (non-hydrogen) atoms. The van der Waals surface area contributed by atoms with E-state index in [4.69, 9.17) is 17.3 Å². The molecule has 1 aliphatic rings. The molecular weight excluding hydrogens is 204 g/mol. The molecule has 0 unspecified atom stereocenters. The minimum absolute atomic E-state index is 0.215. The maximum absolute atomic E-state index is 11.5. The molecule has 0 radical (unpaired) electrons. The lowest BCUT2D eigenvalue weighted by Gasteiger charge is -2.08. The number of hydrogen-bond acceptors (Lipinski definition) is 4. The van der Waals surface area contributed by atoms with Crippen LogP contribution in [-0.4, -0.2) is 21.4 Å². The molecule has 3 N–H and O–H groups in total. The van der Waals surface area contributed by atoms with Crippen molar-refractivity contribution >= 4 is 23.3 Å². The molecule has 1 aromatic rings. The summed E-state index contributed by atoms with van der Waals surface area (Å²) in [6, 6.07) is 1.48. The highest BCUT2D eigenvalue weighted by Crippen LogP contribution is 2.33. The molecule has 74 valence electrons. The Labute approximate surface area is 85.7 Å². The van der Waals surface area contributed by atoms with Gasteiger partial charge in [0.05, 0.1) is 5.54 Å². The lowest BCUT2D eigenvalue weighted by atomic mass is 10.3. The normalized spacial score (nSPS) is 17.6. The van der Waals surface area contributed by atoms with Gasteiger partial charge in [0.15, 0.2) is 0 Å². The van der Waals surface area contributed by atoms with Gasteiger partial charge in [0, 0.05) is 6.07 Å². The summed E-state index contributed by atoms with van der Waals surface area (Å²) in [7, 11) is 0. The van der Waals surface area contributed by atoms with Gasteiger partial charge in [-0.05, 0) is 12.8 Å². The first-order valence-corrected chi connectivity index (χ1v) is 4.56. The highest BCUT2D eigenvalue weighted by atomic mass is 35.5. The minimum atomic E-state index is -0.697. The third-order valence-electron chi connectivity index (χ3n) is 2.12. The first-order chi connectivity index (χ1) is 6.60. The van der Waals surface area contributed by atoms with E-state index in [0.717, 1.165) is 12.8 Å². The smallest absolute Gasteiger partial charge is 0.245 e. The number of anilines is 1. The quantitative estimate of drug-likeness (QED) is 0.702. The van der Waals surface area contributed by atoms with Crippen LogP contribution < -0.4 is 11.1 Å². The lowest BCUT2D eigenvalue weighted by Crippen LogP contribution is -2.38. The molecule has 1 heterocycles. The van der Waals surface area contributed by atoms with Gasteiger partial charge in [-0.3, -0.25) is 4.79 Å². The molecule has 1 fully saturated rings. The Balaban J connectivity index is 2.07. The van der Waals surface area contributed by atoms with E-state index in [1.165, 1.54) is 12.4 Å². The SMILES string of the molecule is NC1(C(=O)Nc2cc(Cl)ncn2)CC1. The second-order valence-electron chi connectivity index (χ2n) is 3.34. The third kappa shape index (κ3) is 1.83. The summed E-state index contributed by atoms with van der Waals surface area (Å²) in [4.78, 5) is 19.0. The van der Waals surface area contributed by atoms with Crippen molar-refractivity contribution in [2.24, 2.45) is 5.73 Å². The Bertz CT molecular complexity index is 377. The second kappa shape index (κ2) is 3.18. The molecular formula is C8H9ClN4O. The Morgan fingerprint density at radius 1 is 1.57 bits per heavy atom. The first-order valence-electron chi connectivity index (χ1n) is 4.18. The van der Waals surface area contributed by atoms with Crippen LogP contribution in [0.2, 0.25) is 5.15 Å². The average molecular weight is 213 g/mol. The molecule has 6 heteroatoms. The topological polar surface area (TPSA) is 80.9 Å². The van der Waals surface area contributed by atoms with Gasteiger partial charge in [-0.1, -0.05) is 11.6 Å². The zero-order valence-electron chi connectivity index (χ0n) is 7.33. The van der Waals surface area contributed by atoms with Gasteiger partial charge in [0.1, 0.15) is 17.3 Å². The van der Waals surface area contributed by atoms with E-state index in [1.807, 2.05) is 0 Å². The maximum Gasteiger partial charge on any atom is 0.245 e. The van der Waals surface area contributed by atoms with Crippen molar-refractivity contribution in [1.82, 2.24) is 9.97 Å². The Hall–Kier alpha value is -1.20. The van der Waals surface area contributed by atoms with Crippen molar-refractivity contribution in [2.75, 3.05) is 5.32 Å². The second-order valence-corrected chi connectivity index (χ2v) is 3.72. The van der Waals surface area contributed by atoms with Crippen molar-refractivity contribution in [2.45, 2.75) is 18.4 Å². The molecule has 0 aliphatic heterocycles. The van der Waals surface area contributed by atoms with Crippen molar-refractivity contribution in [3.8, 4) is 0 Å². The van der Waals surface area contributed by atoms with Crippen LogP contribution in [0.25, 0.3) is 0 Å². The molecule has 0 spiro atoms. The summed E-state index contributed by atoms with van der Waals surface area (Å²) in [6.45, 7) is 0. The van der Waals surface area contributed by atoms with E-state index >= 15 is 0 Å². The molecule has 2 rings (SSSR count). The summed E-state index contributed by atoms with van der Waals surface area (Å²) < 4.78 is 0. The Morgan fingerprint density at radius 2 is 2.29 bits per heavy atom. The van der Waals surface area contributed by atoms with Crippen LogP contribution in [0.1, 0.15) is 12.8 Å². The van der Waals surface area contributed by atoms with Gasteiger partial charge >= 0.3 is 0 Å². The van der Waals surface area contributed by atoms with Crippen LogP contribution in [0.4, 0.5) is 5.82 Å². The molecule has 0 atom stereocenters. The number of amides is 1. The predicted octanol–water partition coefficient (Wildman–Crippen LogP) is 0.560. The Kier molecular flexibility index (Phi) is 2.13. The lowest BCUT2D eigenvalue weighted by molar-refractivity contribution is -0.118. The summed E-state index contributed by atoms with van der Waals surface area (Å²) in [5, 5.41) is 2.87. The van der Waals surface area contributed by atoms with E-state index in [9.17, 15) is 4.79 Å². The number of nitrogens with one attached hydrogen (secondary N) is 1. The van der Waals surface area contributed by atoms with Crippen molar-refractivity contribution in [3.05, 3.63) is 17.5 Å². The molecule has 1 aliphatic carbocycles. The Morgan fingerprint density at radius 3 is 2.86 bits per heavy atom. The highest BCUT2D eigenvalue weighted by Gasteiger charge is 2.46. The molecule has 1 saturated carbocycles. The minimum Gasteiger partial charge on any atom is -0.317 e. The number of carbonyl (C=O) groups excluding carboxylic acids is 1. The van der Waals surface area contributed by atoms with E-state index in [0.29, 0.717) is 5.82 Å². The fourth-order valence-electron chi connectivity index (χ4n) is 1.00. The summed E-state index contributed by atoms with van der Waals surface area (Å²) in [5.41, 5.74) is 4.99. The predicted molar refractivity (Wildman–Crippen MR) is 51.8 cm³/mol. The number of halogens is 1. The van der Waals surface area contributed by atoms with Gasteiger partial charge in [-0.2, -0.15) is 0 Å². The van der Waals surface area contributed by atoms with Gasteiger partial charge in [0.2, 0.25) is 5.91 Å². The summed E-state index contributed by atoms with van der Waals surface area (Å²) in [6.07, 6.45) is 2.73. The van der Waals surface area contributed by atoms with E-state index in [2.05, 4.69) is 15.3 Å². The maximum atomic E-state index is 11.5. The van der Waals surface area contributed by atoms with Crippen LogP contribution in [0, 0.1) is 0 Å². The van der Waals surface area contributed by atoms with Crippen LogP contribution in [0.5, 0.6) is 0 Å². The van der Waals surface area contributed by atoms with Crippen molar-refractivity contribution in [1.29, 1.82) is 0 Å². The van der Waals surface area contributed by atoms with Crippen LogP contribution in [0.3, 0.4) is 0 Å². The zero-order chi connectivity index (χ0) is 10.2. The number of aromatic nitrogens is 2. The molecule has 1 amide bonds. The fraction of sp³-hybridized carbons (Fsp3) is 0.375. The largest absolute Gasteiger partial charge is 0.317 e. The van der Waals surface area contributed by atoms with Crippen LogP contribution in [-0.2, 0) is 4.79 Å². The standard InChI is InChI=1S/C8H9ClN4O/c9-5-3-6(12-4-11-5)13-7(14)8(10)1-2-8/h3-4H,1-2,10H2,(H,11,12,13,14). The number of rotatable bonds is 2. The monoisotopic (exact) mass is 212 g/mol. The van der Waals surface area contributed by atoms with E-state index < -0.39 is 5.54 Å². The molecule has 0 saturated heterocycles. The first kappa shape index (κ1) is 9.36. The summed E-state index contributed by atoms with van der Waals surface area (Å²) >= 11 is 5.62. The van der Waals surface area contributed by atoms with Crippen LogP contribution in [0.15, 0.2) is 12.4 Å². The average Bonchev–Trinajstić information content (AvgIpc) is 2.85. The van der Waals surface area contributed by atoms with Gasteiger partial charge < -0.3 is 11.1 Å². The van der Waals surface area contributed by atoms with Gasteiger partial charge in [-0.15, -0.1) is 0 Å². The summed E-state index contributed by atoms with van der Waals surface area (Å²) in [5.74, 6) is 0.166. The van der Waals surface area contributed by atoms with Gasteiger partial charge in [-0.25, -0.2) is 9.97 Å². The molecule has 5 nitrogen and oxygen atoms in total. The highest BCUT2D eigenvalue weighted by molar-refractivity contribution is 6.29. The molecule has 0 aromatic carbocycles. The van der Waals surface area contributed by atoms with E-state index in [-0.39, 0.29) is 11.1 Å². The van der Waals surface area contributed by atoms with Gasteiger partial charge in [0.25, 0.3) is 0 Å². The number of carbonyl (C=O) groups is 1. The zero-order valence-corrected chi connectivity index (χ0v) is 8.08. The number of hydrogen-bond donors (Lipinski definition) is 2. The van der Waals surface area contributed by atoms with Crippen molar-refractivity contribution < 1.29 is 4.79 Å². The third-order valence-corrected chi connectivity index (χ3v) is 2.32. The molecule has 1 aromatic heterocycles. The number of nitrogens with zero attached hydrogens (tertiary/aromatic N) is 2. The fourth-order valence-corrected chi connectivity index (χ4v) is 1.15. The van der Waals surface area contributed by atoms with Crippen LogP contribution >= 0.6 is 11.6 Å². The van der Waals surface area contributed by atoms with E-state index in [1.54, 1.807) is 0 Å².